The maximum Gasteiger partial charge on any atom is 0.272 e. The molecular formula is C21H23N3O2. The van der Waals surface area contributed by atoms with Crippen LogP contribution >= 0.6 is 0 Å². The van der Waals surface area contributed by atoms with E-state index in [-0.39, 0.29) is 17.9 Å². The number of hydrogen-bond acceptors (Lipinski definition) is 3. The molecule has 0 unspecified atom stereocenters. The largest absolute Gasteiger partial charge is 0.326 e. The molecule has 134 valence electrons. The highest BCUT2D eigenvalue weighted by Crippen LogP contribution is 2.21. The predicted octanol–water partition coefficient (Wildman–Crippen LogP) is 3.60. The Kier molecular flexibility index (Phi) is 5.16. The summed E-state index contributed by atoms with van der Waals surface area (Å²) in [5.41, 5.74) is 4.83. The first-order valence-corrected chi connectivity index (χ1v) is 8.85. The molecule has 0 aliphatic heterocycles. The third-order valence-electron chi connectivity index (χ3n) is 4.58. The molecule has 1 heterocycles. The van der Waals surface area contributed by atoms with Crippen molar-refractivity contribution in [3.05, 3.63) is 69.6 Å². The molecular weight excluding hydrogens is 326 g/mol. The molecule has 0 atom stereocenters. The van der Waals surface area contributed by atoms with Gasteiger partial charge in [0.25, 0.3) is 5.56 Å². The number of benzene rings is 2. The second-order valence-corrected chi connectivity index (χ2v) is 6.40. The fraction of sp³-hybridized carbons (Fsp3) is 0.286. The number of hydrogen-bond donors (Lipinski definition) is 1. The van der Waals surface area contributed by atoms with Crippen molar-refractivity contribution in [2.45, 2.75) is 40.2 Å². The topological polar surface area (TPSA) is 64.0 Å². The highest BCUT2D eigenvalue weighted by atomic mass is 16.2. The van der Waals surface area contributed by atoms with Gasteiger partial charge in [0.1, 0.15) is 5.69 Å². The fourth-order valence-corrected chi connectivity index (χ4v) is 3.16. The molecule has 0 spiro atoms. The van der Waals surface area contributed by atoms with Crippen LogP contribution in [0.5, 0.6) is 0 Å². The Labute approximate surface area is 152 Å². The summed E-state index contributed by atoms with van der Waals surface area (Å²) >= 11 is 0. The Balaban J connectivity index is 1.82. The molecule has 1 amide bonds. The van der Waals surface area contributed by atoms with E-state index in [1.54, 1.807) is 11.5 Å². The zero-order valence-electron chi connectivity index (χ0n) is 15.4. The minimum Gasteiger partial charge on any atom is -0.326 e. The molecule has 0 saturated carbocycles. The summed E-state index contributed by atoms with van der Waals surface area (Å²) in [6, 6.07) is 13.5. The first kappa shape index (κ1) is 17.9. The molecule has 5 heteroatoms. The number of rotatable bonds is 5. The third kappa shape index (κ3) is 3.52. The normalized spacial score (nSPS) is 10.9. The number of nitrogens with zero attached hydrogens (tertiary/aromatic N) is 2. The quantitative estimate of drug-likeness (QED) is 0.765. The molecule has 0 saturated heterocycles. The summed E-state index contributed by atoms with van der Waals surface area (Å²) in [6.07, 6.45) is 1.08. The molecule has 0 radical (unpaired) electrons. The Morgan fingerprint density at radius 2 is 1.88 bits per heavy atom. The average molecular weight is 349 g/mol. The Hall–Kier alpha value is -2.95. The smallest absolute Gasteiger partial charge is 0.272 e. The van der Waals surface area contributed by atoms with Gasteiger partial charge in [0, 0.05) is 18.7 Å². The van der Waals surface area contributed by atoms with Crippen LogP contribution in [-0.2, 0) is 17.8 Å². The second kappa shape index (κ2) is 7.52. The summed E-state index contributed by atoms with van der Waals surface area (Å²) in [4.78, 5) is 29.3. The zero-order valence-corrected chi connectivity index (χ0v) is 15.4. The maximum absolute atomic E-state index is 12.5. The lowest BCUT2D eigenvalue weighted by Gasteiger charge is -2.14. The Morgan fingerprint density at radius 3 is 2.65 bits per heavy atom. The van der Waals surface area contributed by atoms with E-state index in [1.165, 1.54) is 0 Å². The van der Waals surface area contributed by atoms with Crippen molar-refractivity contribution in [2.24, 2.45) is 0 Å². The van der Waals surface area contributed by atoms with Crippen molar-refractivity contribution >= 4 is 22.6 Å². The average Bonchev–Trinajstić information content (AvgIpc) is 2.63. The van der Waals surface area contributed by atoms with E-state index >= 15 is 0 Å². The third-order valence-corrected chi connectivity index (χ3v) is 4.58. The molecule has 5 nitrogen and oxygen atoms in total. The molecule has 0 aliphatic carbocycles. The number of amides is 1. The van der Waals surface area contributed by atoms with Crippen molar-refractivity contribution in [1.29, 1.82) is 0 Å². The van der Waals surface area contributed by atoms with Crippen LogP contribution in [0.2, 0.25) is 0 Å². The van der Waals surface area contributed by atoms with Crippen LogP contribution in [0.15, 0.2) is 47.3 Å². The van der Waals surface area contributed by atoms with Crippen LogP contribution in [0.25, 0.3) is 11.0 Å². The highest BCUT2D eigenvalue weighted by molar-refractivity contribution is 5.92. The SMILES string of the molecule is CCc1cccc(C)c1NC(=O)CCn1c(=O)c(C)nc2ccccc21. The molecule has 2 aromatic carbocycles. The zero-order chi connectivity index (χ0) is 18.7. The van der Waals surface area contributed by atoms with Gasteiger partial charge in [-0.3, -0.25) is 9.59 Å². The molecule has 0 bridgehead atoms. The maximum atomic E-state index is 12.5. The molecule has 26 heavy (non-hydrogen) atoms. The van der Waals surface area contributed by atoms with Crippen LogP contribution in [0.4, 0.5) is 5.69 Å². The molecule has 1 aromatic heterocycles. The molecule has 3 rings (SSSR count). The number of carbonyl (C=O) groups excluding carboxylic acids is 1. The van der Waals surface area contributed by atoms with Gasteiger partial charge in [-0.2, -0.15) is 0 Å². The standard InChI is InChI=1S/C21H23N3O2/c1-4-16-9-7-8-14(2)20(16)23-19(25)12-13-24-18-11-6-5-10-17(18)22-15(3)21(24)26/h5-11H,4,12-13H2,1-3H3,(H,23,25). The fourth-order valence-electron chi connectivity index (χ4n) is 3.16. The van der Waals surface area contributed by atoms with Gasteiger partial charge in [0.2, 0.25) is 5.91 Å². The van der Waals surface area contributed by atoms with Gasteiger partial charge in [-0.1, -0.05) is 37.3 Å². The van der Waals surface area contributed by atoms with Gasteiger partial charge in [-0.15, -0.1) is 0 Å². The highest BCUT2D eigenvalue weighted by Gasteiger charge is 2.12. The van der Waals surface area contributed by atoms with Crippen molar-refractivity contribution in [2.75, 3.05) is 5.32 Å². The number of aryl methyl sites for hydroxylation is 4. The Morgan fingerprint density at radius 1 is 1.12 bits per heavy atom. The van der Waals surface area contributed by atoms with Crippen molar-refractivity contribution in [1.82, 2.24) is 9.55 Å². The first-order chi connectivity index (χ1) is 12.5. The van der Waals surface area contributed by atoms with Gasteiger partial charge in [-0.25, -0.2) is 4.98 Å². The van der Waals surface area contributed by atoms with E-state index < -0.39 is 0 Å². The molecule has 0 fully saturated rings. The summed E-state index contributed by atoms with van der Waals surface area (Å²) in [5.74, 6) is -0.0977. The lowest BCUT2D eigenvalue weighted by atomic mass is 10.1. The van der Waals surface area contributed by atoms with Crippen molar-refractivity contribution < 1.29 is 4.79 Å². The summed E-state index contributed by atoms with van der Waals surface area (Å²) in [5, 5.41) is 3.01. The lowest BCUT2D eigenvalue weighted by Crippen LogP contribution is -2.26. The molecule has 3 aromatic rings. The van der Waals surface area contributed by atoms with Gasteiger partial charge in [-0.05, 0) is 43.5 Å². The number of anilines is 1. The van der Waals surface area contributed by atoms with E-state index in [2.05, 4.69) is 17.2 Å². The van der Waals surface area contributed by atoms with Gasteiger partial charge in [0.05, 0.1) is 11.0 Å². The molecule has 0 aliphatic rings. The lowest BCUT2D eigenvalue weighted by molar-refractivity contribution is -0.116. The van der Waals surface area contributed by atoms with Crippen molar-refractivity contribution in [3.8, 4) is 0 Å². The monoisotopic (exact) mass is 349 g/mol. The number of carbonyl (C=O) groups is 1. The Bertz CT molecular complexity index is 1020. The van der Waals surface area contributed by atoms with Crippen LogP contribution < -0.4 is 10.9 Å². The number of aromatic nitrogens is 2. The first-order valence-electron chi connectivity index (χ1n) is 8.85. The van der Waals surface area contributed by atoms with Crippen LogP contribution in [0.3, 0.4) is 0 Å². The number of fused-ring (bicyclic) bond motifs is 1. The minimum atomic E-state index is -0.151. The summed E-state index contributed by atoms with van der Waals surface area (Å²) in [7, 11) is 0. The minimum absolute atomic E-state index is 0.0977. The van der Waals surface area contributed by atoms with Crippen LogP contribution in [-0.4, -0.2) is 15.5 Å². The van der Waals surface area contributed by atoms with Gasteiger partial charge >= 0.3 is 0 Å². The van der Waals surface area contributed by atoms with E-state index in [1.807, 2.05) is 49.4 Å². The van der Waals surface area contributed by atoms with E-state index in [9.17, 15) is 9.59 Å². The number of para-hydroxylation sites is 3. The predicted molar refractivity (Wildman–Crippen MR) is 105 cm³/mol. The van der Waals surface area contributed by atoms with E-state index in [4.69, 9.17) is 0 Å². The van der Waals surface area contributed by atoms with E-state index in [0.717, 1.165) is 34.3 Å². The second-order valence-electron chi connectivity index (χ2n) is 6.40. The van der Waals surface area contributed by atoms with Crippen LogP contribution in [0.1, 0.15) is 30.2 Å². The number of nitrogens with one attached hydrogen (secondary N) is 1. The van der Waals surface area contributed by atoms with E-state index in [0.29, 0.717) is 12.2 Å². The summed E-state index contributed by atoms with van der Waals surface area (Å²) < 4.78 is 1.63. The van der Waals surface area contributed by atoms with Gasteiger partial charge < -0.3 is 9.88 Å². The van der Waals surface area contributed by atoms with Crippen LogP contribution in [0, 0.1) is 13.8 Å². The molecule has 1 N–H and O–H groups in total. The summed E-state index contributed by atoms with van der Waals surface area (Å²) in [6.45, 7) is 6.07. The van der Waals surface area contributed by atoms with Crippen molar-refractivity contribution in [3.63, 3.8) is 0 Å². The van der Waals surface area contributed by atoms with Gasteiger partial charge in [0.15, 0.2) is 0 Å².